The standard InChI is InChI=1S/C27H26N4O5S/c1-34-20-9-5-4-8-19(20)30-24(32)15-36-21-12-11-17(13-22(21)35-2)14-29-31-16-28-26-25(27(31)33)18-7-3-6-10-23(18)37-26/h4-5,8-9,11-14,16H,3,6-7,10,15H2,1-2H3,(H,30,32)/b29-14-. The summed E-state index contributed by atoms with van der Waals surface area (Å²) in [5.74, 6) is 1.06. The third-order valence-corrected chi connectivity index (χ3v) is 7.32. The number of para-hydroxylation sites is 2. The van der Waals surface area contributed by atoms with Crippen molar-refractivity contribution in [3.8, 4) is 17.2 Å². The molecule has 2 heterocycles. The fourth-order valence-electron chi connectivity index (χ4n) is 4.31. The number of nitrogens with one attached hydrogen (secondary N) is 1. The summed E-state index contributed by atoms with van der Waals surface area (Å²) in [5, 5.41) is 7.80. The molecule has 1 aliphatic rings. The molecule has 37 heavy (non-hydrogen) atoms. The number of thiophene rings is 1. The van der Waals surface area contributed by atoms with Crippen LogP contribution < -0.4 is 25.1 Å². The summed E-state index contributed by atoms with van der Waals surface area (Å²) in [5.41, 5.74) is 2.23. The van der Waals surface area contributed by atoms with Gasteiger partial charge in [-0.2, -0.15) is 9.78 Å². The van der Waals surface area contributed by atoms with Gasteiger partial charge in [-0.25, -0.2) is 4.98 Å². The first-order valence-electron chi connectivity index (χ1n) is 11.9. The maximum absolute atomic E-state index is 13.1. The second kappa shape index (κ2) is 10.8. The number of carbonyl (C=O) groups excluding carboxylic acids is 1. The van der Waals surface area contributed by atoms with Crippen LogP contribution in [-0.4, -0.2) is 42.6 Å². The molecule has 0 unspecified atom stereocenters. The summed E-state index contributed by atoms with van der Waals surface area (Å²) >= 11 is 1.61. The van der Waals surface area contributed by atoms with Gasteiger partial charge in [-0.15, -0.1) is 11.3 Å². The van der Waals surface area contributed by atoms with Crippen molar-refractivity contribution in [2.24, 2.45) is 5.10 Å². The zero-order valence-electron chi connectivity index (χ0n) is 20.5. The molecular weight excluding hydrogens is 492 g/mol. The SMILES string of the molecule is COc1ccccc1NC(=O)COc1ccc(/C=N\n2cnc3sc4c(c3c2=O)CCCC4)cc1OC. The minimum Gasteiger partial charge on any atom is -0.495 e. The third-order valence-electron chi connectivity index (χ3n) is 6.12. The van der Waals surface area contributed by atoms with Gasteiger partial charge in [0.25, 0.3) is 11.5 Å². The highest BCUT2D eigenvalue weighted by atomic mass is 32.1. The second-order valence-corrected chi connectivity index (χ2v) is 9.56. The fourth-order valence-corrected chi connectivity index (χ4v) is 5.53. The van der Waals surface area contributed by atoms with Gasteiger partial charge in [0.15, 0.2) is 18.1 Å². The van der Waals surface area contributed by atoms with E-state index in [0.29, 0.717) is 33.9 Å². The van der Waals surface area contributed by atoms with Crippen molar-refractivity contribution < 1.29 is 19.0 Å². The average molecular weight is 519 g/mol. The Hall–Kier alpha value is -4.18. The van der Waals surface area contributed by atoms with Crippen LogP contribution in [0, 0.1) is 0 Å². The van der Waals surface area contributed by atoms with Crippen molar-refractivity contribution in [2.45, 2.75) is 25.7 Å². The van der Waals surface area contributed by atoms with Crippen LogP contribution in [0.4, 0.5) is 5.69 Å². The van der Waals surface area contributed by atoms with Crippen LogP contribution in [0.1, 0.15) is 28.8 Å². The monoisotopic (exact) mass is 518 g/mol. The Kier molecular flexibility index (Phi) is 7.18. The smallest absolute Gasteiger partial charge is 0.282 e. The molecule has 0 saturated heterocycles. The molecule has 0 aliphatic heterocycles. The first-order valence-corrected chi connectivity index (χ1v) is 12.7. The van der Waals surface area contributed by atoms with Crippen LogP contribution in [0.3, 0.4) is 0 Å². The topological polar surface area (TPSA) is 104 Å². The lowest BCUT2D eigenvalue weighted by Gasteiger charge is -2.12. The predicted molar refractivity (Wildman–Crippen MR) is 144 cm³/mol. The molecule has 1 amide bonds. The number of rotatable bonds is 8. The number of aromatic nitrogens is 2. The molecule has 0 atom stereocenters. The largest absolute Gasteiger partial charge is 0.495 e. The van der Waals surface area contributed by atoms with Gasteiger partial charge >= 0.3 is 0 Å². The van der Waals surface area contributed by atoms with E-state index in [0.717, 1.165) is 36.1 Å². The number of hydrogen-bond donors (Lipinski definition) is 1. The van der Waals surface area contributed by atoms with Crippen LogP contribution in [0.2, 0.25) is 0 Å². The van der Waals surface area contributed by atoms with E-state index in [1.165, 1.54) is 30.1 Å². The number of methoxy groups -OCH3 is 2. The van der Waals surface area contributed by atoms with Crippen molar-refractivity contribution in [1.29, 1.82) is 0 Å². The molecule has 10 heteroatoms. The van der Waals surface area contributed by atoms with E-state index in [-0.39, 0.29) is 18.1 Å². The number of aryl methyl sites for hydroxylation is 2. The molecule has 0 fully saturated rings. The Morgan fingerprint density at radius 1 is 1.11 bits per heavy atom. The summed E-state index contributed by atoms with van der Waals surface area (Å²) in [7, 11) is 3.05. The van der Waals surface area contributed by atoms with Gasteiger partial charge in [-0.1, -0.05) is 12.1 Å². The molecule has 0 saturated carbocycles. The number of amides is 1. The Bertz CT molecular complexity index is 1540. The number of nitrogens with zero attached hydrogens (tertiary/aromatic N) is 3. The third kappa shape index (κ3) is 5.19. The highest BCUT2D eigenvalue weighted by Gasteiger charge is 2.20. The van der Waals surface area contributed by atoms with Gasteiger partial charge in [-0.3, -0.25) is 9.59 Å². The lowest BCUT2D eigenvalue weighted by molar-refractivity contribution is -0.118. The van der Waals surface area contributed by atoms with E-state index in [4.69, 9.17) is 14.2 Å². The summed E-state index contributed by atoms with van der Waals surface area (Å²) in [6, 6.07) is 12.3. The molecule has 4 aromatic rings. The van der Waals surface area contributed by atoms with Crippen LogP contribution in [0.25, 0.3) is 10.2 Å². The molecule has 0 spiro atoms. The second-order valence-electron chi connectivity index (χ2n) is 8.48. The predicted octanol–water partition coefficient (Wildman–Crippen LogP) is 4.25. The van der Waals surface area contributed by atoms with Crippen molar-refractivity contribution in [1.82, 2.24) is 9.66 Å². The van der Waals surface area contributed by atoms with Crippen LogP contribution in [-0.2, 0) is 17.6 Å². The van der Waals surface area contributed by atoms with Gasteiger partial charge in [0.2, 0.25) is 0 Å². The highest BCUT2D eigenvalue weighted by molar-refractivity contribution is 7.18. The molecule has 1 N–H and O–H groups in total. The van der Waals surface area contributed by atoms with E-state index >= 15 is 0 Å². The molecule has 1 aliphatic carbocycles. The molecule has 0 bridgehead atoms. The first kappa shape index (κ1) is 24.5. The maximum atomic E-state index is 13.1. The molecule has 190 valence electrons. The Balaban J connectivity index is 1.29. The Morgan fingerprint density at radius 2 is 1.92 bits per heavy atom. The average Bonchev–Trinajstić information content (AvgIpc) is 3.31. The quantitative estimate of drug-likeness (QED) is 0.350. The van der Waals surface area contributed by atoms with Crippen LogP contribution in [0.15, 0.2) is 58.7 Å². The molecule has 5 rings (SSSR count). The van der Waals surface area contributed by atoms with Gasteiger partial charge < -0.3 is 19.5 Å². The van der Waals surface area contributed by atoms with E-state index in [1.54, 1.807) is 53.9 Å². The number of fused-ring (bicyclic) bond motifs is 3. The number of hydrogen-bond acceptors (Lipinski definition) is 8. The normalized spacial score (nSPS) is 12.9. The summed E-state index contributed by atoms with van der Waals surface area (Å²) in [6.45, 7) is -0.214. The fraction of sp³-hybridized carbons (Fsp3) is 0.259. The zero-order chi connectivity index (χ0) is 25.8. The molecule has 9 nitrogen and oxygen atoms in total. The zero-order valence-corrected chi connectivity index (χ0v) is 21.3. The van der Waals surface area contributed by atoms with Crippen LogP contribution >= 0.6 is 11.3 Å². The van der Waals surface area contributed by atoms with Crippen molar-refractivity contribution in [3.63, 3.8) is 0 Å². The minimum atomic E-state index is -0.338. The number of anilines is 1. The number of carbonyl (C=O) groups is 1. The van der Waals surface area contributed by atoms with E-state index in [2.05, 4.69) is 15.4 Å². The maximum Gasteiger partial charge on any atom is 0.282 e. The molecular formula is C27H26N4O5S. The number of benzene rings is 2. The first-order chi connectivity index (χ1) is 18.1. The van der Waals surface area contributed by atoms with Crippen LogP contribution in [0.5, 0.6) is 17.2 Å². The molecule has 2 aromatic carbocycles. The van der Waals surface area contributed by atoms with Gasteiger partial charge in [-0.05, 0) is 67.1 Å². The van der Waals surface area contributed by atoms with E-state index in [9.17, 15) is 9.59 Å². The lowest BCUT2D eigenvalue weighted by Crippen LogP contribution is -2.20. The van der Waals surface area contributed by atoms with Crippen molar-refractivity contribution >= 4 is 39.4 Å². The highest BCUT2D eigenvalue weighted by Crippen LogP contribution is 2.33. The summed E-state index contributed by atoms with van der Waals surface area (Å²) in [4.78, 5) is 32.0. The van der Waals surface area contributed by atoms with E-state index < -0.39 is 0 Å². The van der Waals surface area contributed by atoms with Crippen molar-refractivity contribution in [3.05, 3.63) is 75.1 Å². The Labute approximate surface area is 217 Å². The lowest BCUT2D eigenvalue weighted by atomic mass is 9.97. The number of ether oxygens (including phenoxy) is 3. The van der Waals surface area contributed by atoms with Gasteiger partial charge in [0.1, 0.15) is 16.9 Å². The molecule has 0 radical (unpaired) electrons. The van der Waals surface area contributed by atoms with E-state index in [1.807, 2.05) is 6.07 Å². The van der Waals surface area contributed by atoms with Gasteiger partial charge in [0, 0.05) is 4.88 Å². The van der Waals surface area contributed by atoms with Crippen molar-refractivity contribution in [2.75, 3.05) is 26.1 Å². The van der Waals surface area contributed by atoms with Gasteiger partial charge in [0.05, 0.1) is 31.5 Å². The Morgan fingerprint density at radius 3 is 2.76 bits per heavy atom. The molecule has 2 aromatic heterocycles. The summed E-state index contributed by atoms with van der Waals surface area (Å²) < 4.78 is 17.6. The summed E-state index contributed by atoms with van der Waals surface area (Å²) in [6.07, 6.45) is 7.18. The minimum absolute atomic E-state index is 0.159.